The van der Waals surface area contributed by atoms with Crippen molar-refractivity contribution in [3.63, 3.8) is 0 Å². The Bertz CT molecular complexity index is 1470. The average Bonchev–Trinajstić information content (AvgIpc) is 3.44. The van der Waals surface area contributed by atoms with Crippen molar-refractivity contribution in [2.75, 3.05) is 0 Å². The first kappa shape index (κ1) is 22.1. The maximum absolute atomic E-state index is 13.7. The number of pyridine rings is 1. The number of fused-ring (bicyclic) bond motifs is 1. The van der Waals surface area contributed by atoms with E-state index in [1.165, 1.54) is 30.1 Å². The van der Waals surface area contributed by atoms with Gasteiger partial charge >= 0.3 is 0 Å². The summed E-state index contributed by atoms with van der Waals surface area (Å²) < 4.78 is 17.4. The van der Waals surface area contributed by atoms with Gasteiger partial charge in [-0.25, -0.2) is 8.91 Å². The summed E-state index contributed by atoms with van der Waals surface area (Å²) in [6.45, 7) is 2.06. The Morgan fingerprint density at radius 3 is 2.53 bits per heavy atom. The van der Waals surface area contributed by atoms with Gasteiger partial charge in [-0.3, -0.25) is 4.68 Å². The van der Waals surface area contributed by atoms with Gasteiger partial charge in [0, 0.05) is 38.9 Å². The molecule has 3 heterocycles. The molecular formula is C25H22FN7S. The monoisotopic (exact) mass is 471 g/mol. The number of hydrogen-bond donors (Lipinski definition) is 1. The zero-order valence-corrected chi connectivity index (χ0v) is 19.4. The van der Waals surface area contributed by atoms with Crippen LogP contribution >= 0.6 is 11.8 Å². The number of rotatable bonds is 4. The normalized spacial score (nSPS) is 18.0. The van der Waals surface area contributed by atoms with Gasteiger partial charge in [-0.2, -0.15) is 20.7 Å². The van der Waals surface area contributed by atoms with Gasteiger partial charge in [0.05, 0.1) is 35.1 Å². The smallest absolute Gasteiger partial charge is 0.124 e. The third kappa shape index (κ3) is 3.94. The maximum Gasteiger partial charge on any atom is 0.124 e. The molecule has 2 N–H and O–H groups in total. The lowest BCUT2D eigenvalue weighted by Crippen LogP contribution is -2.28. The van der Waals surface area contributed by atoms with Crippen LogP contribution in [-0.2, 0) is 0 Å². The van der Waals surface area contributed by atoms with E-state index in [1.807, 2.05) is 18.5 Å². The molecule has 0 unspecified atom stereocenters. The van der Waals surface area contributed by atoms with Gasteiger partial charge in [-0.05, 0) is 56.9 Å². The van der Waals surface area contributed by atoms with E-state index in [-0.39, 0.29) is 11.6 Å². The second-order valence-corrected chi connectivity index (χ2v) is 9.65. The van der Waals surface area contributed by atoms with Crippen molar-refractivity contribution in [3.8, 4) is 23.3 Å². The SMILES string of the molecule is Cc1c(-c2cc(Sc3ccc(F)cc3C#N)c3c(C#N)cnn3c2)cnn1C1CCC(N)CC1. The van der Waals surface area contributed by atoms with Crippen LogP contribution in [0.1, 0.15) is 48.5 Å². The van der Waals surface area contributed by atoms with Gasteiger partial charge < -0.3 is 5.73 Å². The van der Waals surface area contributed by atoms with Crippen LogP contribution in [0.4, 0.5) is 4.39 Å². The van der Waals surface area contributed by atoms with E-state index in [0.717, 1.165) is 47.4 Å². The Kier molecular flexibility index (Phi) is 5.82. The highest BCUT2D eigenvalue weighted by Crippen LogP contribution is 2.38. The van der Waals surface area contributed by atoms with E-state index >= 15 is 0 Å². The number of benzene rings is 1. The molecule has 1 saturated carbocycles. The van der Waals surface area contributed by atoms with Gasteiger partial charge in [0.25, 0.3) is 0 Å². The van der Waals surface area contributed by atoms with Crippen LogP contribution in [0, 0.1) is 35.4 Å². The Morgan fingerprint density at radius 1 is 1.03 bits per heavy atom. The van der Waals surface area contributed by atoms with Gasteiger partial charge in [0.2, 0.25) is 0 Å². The fraction of sp³-hybridized carbons (Fsp3) is 0.280. The quantitative estimate of drug-likeness (QED) is 0.449. The highest BCUT2D eigenvalue weighted by atomic mass is 32.2. The van der Waals surface area contributed by atoms with Crippen LogP contribution in [0.3, 0.4) is 0 Å². The molecule has 9 heteroatoms. The topological polar surface area (TPSA) is 109 Å². The molecule has 0 atom stereocenters. The second-order valence-electron chi connectivity index (χ2n) is 8.57. The Hall–Kier alpha value is -3.66. The zero-order chi connectivity index (χ0) is 23.8. The van der Waals surface area contributed by atoms with E-state index in [4.69, 9.17) is 10.8 Å². The third-order valence-electron chi connectivity index (χ3n) is 6.42. The largest absolute Gasteiger partial charge is 0.328 e. The van der Waals surface area contributed by atoms with Crippen molar-refractivity contribution in [1.82, 2.24) is 19.4 Å². The summed E-state index contributed by atoms with van der Waals surface area (Å²) in [6.07, 6.45) is 9.30. The molecule has 5 rings (SSSR count). The minimum Gasteiger partial charge on any atom is -0.328 e. The lowest BCUT2D eigenvalue weighted by atomic mass is 9.92. The molecule has 4 aromatic rings. The summed E-state index contributed by atoms with van der Waals surface area (Å²) in [5, 5.41) is 28.2. The molecule has 0 spiro atoms. The van der Waals surface area contributed by atoms with E-state index in [2.05, 4.69) is 28.8 Å². The summed E-state index contributed by atoms with van der Waals surface area (Å²) in [4.78, 5) is 1.37. The van der Waals surface area contributed by atoms with Gasteiger partial charge in [0.1, 0.15) is 18.0 Å². The van der Waals surface area contributed by atoms with Gasteiger partial charge in [-0.1, -0.05) is 11.8 Å². The van der Waals surface area contributed by atoms with Crippen molar-refractivity contribution in [2.45, 2.75) is 54.5 Å². The molecule has 1 aromatic carbocycles. The molecule has 7 nitrogen and oxygen atoms in total. The molecule has 34 heavy (non-hydrogen) atoms. The first-order chi connectivity index (χ1) is 16.5. The Balaban J connectivity index is 1.60. The van der Waals surface area contributed by atoms with Crippen molar-refractivity contribution >= 4 is 17.3 Å². The average molecular weight is 472 g/mol. The number of nitriles is 2. The van der Waals surface area contributed by atoms with E-state index in [0.29, 0.717) is 22.0 Å². The molecule has 170 valence electrons. The minimum absolute atomic E-state index is 0.242. The molecule has 1 fully saturated rings. The summed E-state index contributed by atoms with van der Waals surface area (Å²) in [5.74, 6) is -0.464. The summed E-state index contributed by atoms with van der Waals surface area (Å²) in [5.41, 5.74) is 10.3. The number of halogens is 1. The number of aromatic nitrogens is 4. The highest BCUT2D eigenvalue weighted by molar-refractivity contribution is 7.99. The number of hydrogen-bond acceptors (Lipinski definition) is 6. The lowest BCUT2D eigenvalue weighted by Gasteiger charge is -2.27. The number of nitrogens with zero attached hydrogens (tertiary/aromatic N) is 6. The predicted octanol–water partition coefficient (Wildman–Crippen LogP) is 4.98. The van der Waals surface area contributed by atoms with E-state index in [1.54, 1.807) is 10.6 Å². The molecule has 0 amide bonds. The van der Waals surface area contributed by atoms with E-state index < -0.39 is 5.82 Å². The molecule has 0 aliphatic heterocycles. The summed E-state index contributed by atoms with van der Waals surface area (Å²) >= 11 is 1.32. The van der Waals surface area contributed by atoms with Crippen molar-refractivity contribution in [2.24, 2.45) is 5.73 Å². The fourth-order valence-corrected chi connectivity index (χ4v) is 5.68. The Labute approximate surface area is 200 Å². The van der Waals surface area contributed by atoms with Crippen LogP contribution < -0.4 is 5.73 Å². The first-order valence-electron chi connectivity index (χ1n) is 11.1. The highest BCUT2D eigenvalue weighted by Gasteiger charge is 2.23. The summed E-state index contributed by atoms with van der Waals surface area (Å²) in [6, 6.07) is 11.0. The van der Waals surface area contributed by atoms with Crippen LogP contribution in [0.5, 0.6) is 0 Å². The van der Waals surface area contributed by atoms with Crippen LogP contribution in [0.15, 0.2) is 52.6 Å². The van der Waals surface area contributed by atoms with Crippen LogP contribution in [0.25, 0.3) is 16.6 Å². The van der Waals surface area contributed by atoms with Gasteiger partial charge in [0.15, 0.2) is 0 Å². The minimum atomic E-state index is -0.464. The third-order valence-corrected chi connectivity index (χ3v) is 7.53. The molecule has 0 bridgehead atoms. The van der Waals surface area contributed by atoms with E-state index in [9.17, 15) is 14.9 Å². The van der Waals surface area contributed by atoms with Crippen LogP contribution in [0.2, 0.25) is 0 Å². The maximum atomic E-state index is 13.7. The van der Waals surface area contributed by atoms with Crippen LogP contribution in [-0.4, -0.2) is 25.4 Å². The molecule has 1 aliphatic rings. The van der Waals surface area contributed by atoms with Crippen molar-refractivity contribution in [3.05, 3.63) is 65.5 Å². The standard InChI is InChI=1S/C25H22FN7S/c1-15-22(13-31-33(15)21-5-3-20(29)4-6-21)17-9-24(25-18(11-28)12-30-32(25)14-17)34-23-7-2-19(26)8-16(23)10-27/h2,7-9,12-14,20-21H,3-6,29H2,1H3. The van der Waals surface area contributed by atoms with Gasteiger partial charge in [-0.15, -0.1) is 0 Å². The first-order valence-corrected chi connectivity index (χ1v) is 11.9. The molecule has 3 aromatic heterocycles. The Morgan fingerprint density at radius 2 is 1.79 bits per heavy atom. The molecule has 0 radical (unpaired) electrons. The lowest BCUT2D eigenvalue weighted by molar-refractivity contribution is 0.300. The summed E-state index contributed by atoms with van der Waals surface area (Å²) in [7, 11) is 0. The fourth-order valence-electron chi connectivity index (χ4n) is 4.61. The molecule has 1 aliphatic carbocycles. The van der Waals surface area contributed by atoms with Crippen molar-refractivity contribution < 1.29 is 4.39 Å². The number of nitrogens with two attached hydrogens (primary N) is 1. The molecular weight excluding hydrogens is 449 g/mol. The molecule has 0 saturated heterocycles. The zero-order valence-electron chi connectivity index (χ0n) is 18.6. The van der Waals surface area contributed by atoms with Crippen molar-refractivity contribution in [1.29, 1.82) is 10.5 Å². The second kappa shape index (κ2) is 8.94. The predicted molar refractivity (Wildman–Crippen MR) is 127 cm³/mol.